The molecule has 0 bridgehead atoms. The van der Waals surface area contributed by atoms with Crippen LogP contribution < -0.4 is 5.32 Å². The van der Waals surface area contributed by atoms with Gasteiger partial charge < -0.3 is 5.32 Å². The van der Waals surface area contributed by atoms with Gasteiger partial charge in [0.1, 0.15) is 0 Å². The van der Waals surface area contributed by atoms with Crippen LogP contribution in [0.25, 0.3) is 0 Å². The van der Waals surface area contributed by atoms with E-state index in [0.717, 1.165) is 39.1 Å². The second-order valence-corrected chi connectivity index (χ2v) is 3.61. The van der Waals surface area contributed by atoms with Crippen molar-refractivity contribution in [2.24, 2.45) is 4.99 Å². The van der Waals surface area contributed by atoms with Crippen molar-refractivity contribution in [2.75, 3.05) is 32.7 Å². The van der Waals surface area contributed by atoms with Crippen LogP contribution in [-0.2, 0) is 0 Å². The lowest BCUT2D eigenvalue weighted by Gasteiger charge is -2.27. The van der Waals surface area contributed by atoms with E-state index < -0.39 is 0 Å². The second-order valence-electron chi connectivity index (χ2n) is 3.61. The summed E-state index contributed by atoms with van der Waals surface area (Å²) in [7, 11) is 0. The fourth-order valence-electron chi connectivity index (χ4n) is 1.76. The summed E-state index contributed by atoms with van der Waals surface area (Å²) >= 11 is 0. The zero-order valence-corrected chi connectivity index (χ0v) is 8.00. The summed E-state index contributed by atoms with van der Waals surface area (Å²) in [6, 6.07) is 0. The number of piperazine rings is 1. The average molecular weight is 179 g/mol. The Morgan fingerprint density at radius 3 is 2.85 bits per heavy atom. The standard InChI is InChI=1S/C10H17N3/c1-2-4-12-10(3-1)9-13-7-5-11-6-8-13/h3-4,11H,1-2,5-9H2. The summed E-state index contributed by atoms with van der Waals surface area (Å²) in [6.45, 7) is 5.60. The Kier molecular flexibility index (Phi) is 3.11. The summed E-state index contributed by atoms with van der Waals surface area (Å²) in [5.41, 5.74) is 1.26. The van der Waals surface area contributed by atoms with Gasteiger partial charge in [-0.25, -0.2) is 0 Å². The Balaban J connectivity index is 1.82. The lowest BCUT2D eigenvalue weighted by Crippen LogP contribution is -2.44. The molecule has 72 valence electrons. The van der Waals surface area contributed by atoms with Crippen LogP contribution in [0.15, 0.2) is 16.8 Å². The predicted molar refractivity (Wildman–Crippen MR) is 55.1 cm³/mol. The molecule has 0 aliphatic carbocycles. The first-order valence-electron chi connectivity index (χ1n) is 5.10. The number of hydrogen-bond acceptors (Lipinski definition) is 3. The molecule has 0 saturated carbocycles. The van der Waals surface area contributed by atoms with Crippen molar-refractivity contribution in [3.63, 3.8) is 0 Å². The van der Waals surface area contributed by atoms with Crippen LogP contribution in [0.4, 0.5) is 0 Å². The Morgan fingerprint density at radius 1 is 1.31 bits per heavy atom. The lowest BCUT2D eigenvalue weighted by atomic mass is 10.2. The second kappa shape index (κ2) is 4.53. The van der Waals surface area contributed by atoms with Crippen LogP contribution in [0.5, 0.6) is 0 Å². The van der Waals surface area contributed by atoms with Gasteiger partial charge in [0, 0.05) is 44.6 Å². The van der Waals surface area contributed by atoms with Crippen LogP contribution in [0, 0.1) is 0 Å². The van der Waals surface area contributed by atoms with Gasteiger partial charge in [-0.15, -0.1) is 0 Å². The summed E-state index contributed by atoms with van der Waals surface area (Å²) < 4.78 is 0. The van der Waals surface area contributed by atoms with Gasteiger partial charge in [-0.2, -0.15) is 0 Å². The molecule has 0 unspecified atom stereocenters. The summed E-state index contributed by atoms with van der Waals surface area (Å²) in [6.07, 6.45) is 6.59. The fraction of sp³-hybridized carbons (Fsp3) is 0.700. The minimum Gasteiger partial charge on any atom is -0.314 e. The smallest absolute Gasteiger partial charge is 0.0500 e. The summed E-state index contributed by atoms with van der Waals surface area (Å²) in [5, 5.41) is 3.35. The molecule has 0 amide bonds. The Hall–Kier alpha value is -0.670. The minimum atomic E-state index is 1.04. The van der Waals surface area contributed by atoms with E-state index in [-0.39, 0.29) is 0 Å². The quantitative estimate of drug-likeness (QED) is 0.673. The molecule has 0 aromatic heterocycles. The highest BCUT2D eigenvalue weighted by Crippen LogP contribution is 2.08. The highest BCUT2D eigenvalue weighted by molar-refractivity contribution is 5.60. The topological polar surface area (TPSA) is 27.6 Å². The van der Waals surface area contributed by atoms with E-state index in [1.165, 1.54) is 12.1 Å². The first kappa shape index (κ1) is 8.91. The molecule has 0 spiro atoms. The normalized spacial score (nSPS) is 24.5. The zero-order valence-electron chi connectivity index (χ0n) is 8.00. The van der Waals surface area contributed by atoms with Crippen LogP contribution >= 0.6 is 0 Å². The van der Waals surface area contributed by atoms with Crippen molar-refractivity contribution in [1.82, 2.24) is 10.2 Å². The number of aliphatic imine (C=N–C) groups is 1. The largest absolute Gasteiger partial charge is 0.314 e. The Bertz CT molecular complexity index is 214. The van der Waals surface area contributed by atoms with E-state index in [1.807, 2.05) is 6.21 Å². The molecule has 0 radical (unpaired) electrons. The number of nitrogens with one attached hydrogen (secondary N) is 1. The van der Waals surface area contributed by atoms with E-state index >= 15 is 0 Å². The number of hydrogen-bond donors (Lipinski definition) is 1. The molecule has 1 fully saturated rings. The van der Waals surface area contributed by atoms with Crippen LogP contribution in [0.3, 0.4) is 0 Å². The minimum absolute atomic E-state index is 1.04. The average Bonchev–Trinajstić information content (AvgIpc) is 2.21. The Labute approximate surface area is 79.5 Å². The molecular formula is C10H17N3. The third kappa shape index (κ3) is 2.64. The van der Waals surface area contributed by atoms with E-state index in [4.69, 9.17) is 0 Å². The molecular weight excluding hydrogens is 162 g/mol. The first-order chi connectivity index (χ1) is 6.45. The van der Waals surface area contributed by atoms with Crippen molar-refractivity contribution in [2.45, 2.75) is 12.8 Å². The molecule has 2 aliphatic rings. The van der Waals surface area contributed by atoms with Crippen molar-refractivity contribution < 1.29 is 0 Å². The molecule has 0 aromatic carbocycles. The summed E-state index contributed by atoms with van der Waals surface area (Å²) in [4.78, 5) is 6.86. The zero-order chi connectivity index (χ0) is 8.93. The maximum Gasteiger partial charge on any atom is 0.0500 e. The van der Waals surface area contributed by atoms with Gasteiger partial charge in [0.2, 0.25) is 0 Å². The van der Waals surface area contributed by atoms with Crippen molar-refractivity contribution in [3.05, 3.63) is 11.8 Å². The van der Waals surface area contributed by atoms with E-state index in [1.54, 1.807) is 0 Å². The molecule has 1 N–H and O–H groups in total. The molecule has 0 atom stereocenters. The third-order valence-electron chi connectivity index (χ3n) is 2.53. The molecule has 0 aromatic rings. The molecule has 3 nitrogen and oxygen atoms in total. The fourth-order valence-corrected chi connectivity index (χ4v) is 1.76. The van der Waals surface area contributed by atoms with Gasteiger partial charge in [-0.3, -0.25) is 9.89 Å². The first-order valence-corrected chi connectivity index (χ1v) is 5.10. The van der Waals surface area contributed by atoms with E-state index in [2.05, 4.69) is 21.3 Å². The Morgan fingerprint density at radius 2 is 2.15 bits per heavy atom. The molecule has 1 saturated heterocycles. The highest BCUT2D eigenvalue weighted by Gasteiger charge is 2.10. The van der Waals surface area contributed by atoms with Crippen molar-refractivity contribution in [3.8, 4) is 0 Å². The van der Waals surface area contributed by atoms with E-state index in [9.17, 15) is 0 Å². The SMILES string of the molecule is C1=NC(CN2CCNCC2)=CCC1. The molecule has 3 heteroatoms. The number of allylic oxidation sites excluding steroid dienone is 1. The predicted octanol–water partition coefficient (Wildman–Crippen LogP) is 0.640. The van der Waals surface area contributed by atoms with Gasteiger partial charge in [0.05, 0.1) is 0 Å². The maximum atomic E-state index is 4.40. The maximum absolute atomic E-state index is 4.40. The van der Waals surface area contributed by atoms with Crippen molar-refractivity contribution in [1.29, 1.82) is 0 Å². The van der Waals surface area contributed by atoms with Gasteiger partial charge in [-0.1, -0.05) is 6.08 Å². The molecule has 2 heterocycles. The van der Waals surface area contributed by atoms with Gasteiger partial charge in [0.25, 0.3) is 0 Å². The molecule has 2 rings (SSSR count). The number of rotatable bonds is 2. The molecule has 13 heavy (non-hydrogen) atoms. The van der Waals surface area contributed by atoms with E-state index in [0.29, 0.717) is 0 Å². The van der Waals surface area contributed by atoms with Crippen LogP contribution in [0.1, 0.15) is 12.8 Å². The molecule has 2 aliphatic heterocycles. The van der Waals surface area contributed by atoms with Gasteiger partial charge >= 0.3 is 0 Å². The number of nitrogens with zero attached hydrogens (tertiary/aromatic N) is 2. The van der Waals surface area contributed by atoms with Gasteiger partial charge in [0.15, 0.2) is 0 Å². The summed E-state index contributed by atoms with van der Waals surface area (Å²) in [5.74, 6) is 0. The van der Waals surface area contributed by atoms with Gasteiger partial charge in [-0.05, 0) is 12.8 Å². The van der Waals surface area contributed by atoms with Crippen LogP contribution in [0.2, 0.25) is 0 Å². The lowest BCUT2D eigenvalue weighted by molar-refractivity contribution is 0.258. The monoisotopic (exact) mass is 179 g/mol. The van der Waals surface area contributed by atoms with Crippen molar-refractivity contribution >= 4 is 6.21 Å². The van der Waals surface area contributed by atoms with Crippen LogP contribution in [-0.4, -0.2) is 43.8 Å². The highest BCUT2D eigenvalue weighted by atomic mass is 15.2. The third-order valence-corrected chi connectivity index (χ3v) is 2.53.